The second kappa shape index (κ2) is 6.14. The molecule has 4 heterocycles. The highest BCUT2D eigenvalue weighted by Gasteiger charge is 2.51. The van der Waals surface area contributed by atoms with Gasteiger partial charge in [-0.3, -0.25) is 9.58 Å². The molecule has 4 rings (SSSR count). The monoisotopic (exact) mass is 329 g/mol. The van der Waals surface area contributed by atoms with Gasteiger partial charge in [0.2, 0.25) is 0 Å². The van der Waals surface area contributed by atoms with Crippen molar-refractivity contribution in [3.8, 4) is 6.01 Å². The summed E-state index contributed by atoms with van der Waals surface area (Å²) in [5.41, 5.74) is 2.20. The third kappa shape index (κ3) is 3.01. The molecule has 0 bridgehead atoms. The molecule has 0 aliphatic carbocycles. The minimum Gasteiger partial charge on any atom is -0.463 e. The van der Waals surface area contributed by atoms with Crippen molar-refractivity contribution >= 4 is 0 Å². The van der Waals surface area contributed by atoms with Crippen LogP contribution in [0.5, 0.6) is 6.01 Å². The fourth-order valence-corrected chi connectivity index (χ4v) is 3.78. The van der Waals surface area contributed by atoms with Gasteiger partial charge in [-0.1, -0.05) is 0 Å². The first kappa shape index (κ1) is 15.5. The molecule has 0 saturated carbocycles. The van der Waals surface area contributed by atoms with E-state index in [1.165, 1.54) is 5.56 Å². The maximum Gasteiger partial charge on any atom is 0.316 e. The predicted molar refractivity (Wildman–Crippen MR) is 87.5 cm³/mol. The Hall–Kier alpha value is -1.99. The highest BCUT2D eigenvalue weighted by atomic mass is 16.5. The molecule has 0 aromatic carbocycles. The maximum absolute atomic E-state index is 5.93. The Morgan fingerprint density at radius 1 is 1.46 bits per heavy atom. The van der Waals surface area contributed by atoms with Crippen molar-refractivity contribution in [2.45, 2.75) is 13.5 Å². The second-order valence-corrected chi connectivity index (χ2v) is 7.04. The SMILES string of the molecule is Cc1ccnc(OC[C@]23COC[C@H]2CN(Cc2cnn(C)c2)C3)n1. The fraction of sp³-hybridized carbons (Fsp3) is 0.588. The van der Waals surface area contributed by atoms with Crippen LogP contribution < -0.4 is 4.74 Å². The van der Waals surface area contributed by atoms with Gasteiger partial charge >= 0.3 is 6.01 Å². The number of aromatic nitrogens is 4. The summed E-state index contributed by atoms with van der Waals surface area (Å²) in [4.78, 5) is 11.0. The van der Waals surface area contributed by atoms with Gasteiger partial charge in [0.15, 0.2) is 0 Å². The largest absolute Gasteiger partial charge is 0.463 e. The average Bonchev–Trinajstić information content (AvgIpc) is 3.20. The van der Waals surface area contributed by atoms with Crippen molar-refractivity contribution in [3.05, 3.63) is 35.9 Å². The zero-order valence-corrected chi connectivity index (χ0v) is 14.2. The van der Waals surface area contributed by atoms with Gasteiger partial charge in [0.1, 0.15) is 6.61 Å². The van der Waals surface area contributed by atoms with Crippen LogP contribution in [0, 0.1) is 18.3 Å². The molecule has 128 valence electrons. The van der Waals surface area contributed by atoms with Gasteiger partial charge in [-0.25, -0.2) is 9.97 Å². The Labute approximate surface area is 141 Å². The lowest BCUT2D eigenvalue weighted by atomic mass is 9.82. The number of hydrogen-bond donors (Lipinski definition) is 0. The lowest BCUT2D eigenvalue weighted by Crippen LogP contribution is -2.37. The summed E-state index contributed by atoms with van der Waals surface area (Å²) in [7, 11) is 1.95. The van der Waals surface area contributed by atoms with E-state index in [1.54, 1.807) is 6.20 Å². The van der Waals surface area contributed by atoms with Gasteiger partial charge in [-0.15, -0.1) is 0 Å². The molecule has 0 N–H and O–H groups in total. The van der Waals surface area contributed by atoms with Crippen LogP contribution in [-0.2, 0) is 18.3 Å². The Bertz CT molecular complexity index is 719. The van der Waals surface area contributed by atoms with Gasteiger partial charge in [0.25, 0.3) is 0 Å². The summed E-state index contributed by atoms with van der Waals surface area (Å²) in [5.74, 6) is 0.499. The highest BCUT2D eigenvalue weighted by Crippen LogP contribution is 2.42. The molecular weight excluding hydrogens is 306 g/mol. The molecular formula is C17H23N5O2. The van der Waals surface area contributed by atoms with Crippen LogP contribution in [0.3, 0.4) is 0 Å². The molecule has 2 aromatic rings. The van der Waals surface area contributed by atoms with Gasteiger partial charge in [0, 0.05) is 61.7 Å². The summed E-state index contributed by atoms with van der Waals surface area (Å²) in [5, 5.41) is 4.26. The van der Waals surface area contributed by atoms with Crippen molar-refractivity contribution in [1.82, 2.24) is 24.6 Å². The van der Waals surface area contributed by atoms with Crippen molar-refractivity contribution in [1.29, 1.82) is 0 Å². The van der Waals surface area contributed by atoms with Gasteiger partial charge < -0.3 is 9.47 Å². The summed E-state index contributed by atoms with van der Waals surface area (Å²) in [6.45, 7) is 7.02. The van der Waals surface area contributed by atoms with Crippen molar-refractivity contribution in [3.63, 3.8) is 0 Å². The predicted octanol–water partition coefficient (Wildman–Crippen LogP) is 1.05. The quantitative estimate of drug-likeness (QED) is 0.817. The minimum atomic E-state index is 0.0370. The van der Waals surface area contributed by atoms with Crippen molar-refractivity contribution in [2.24, 2.45) is 18.4 Å². The molecule has 0 radical (unpaired) electrons. The van der Waals surface area contributed by atoms with Crippen LogP contribution in [-0.4, -0.2) is 57.6 Å². The Balaban J connectivity index is 1.42. The topological polar surface area (TPSA) is 65.3 Å². The summed E-state index contributed by atoms with van der Waals surface area (Å²) >= 11 is 0. The fourth-order valence-electron chi connectivity index (χ4n) is 3.78. The maximum atomic E-state index is 5.93. The van der Waals surface area contributed by atoms with Crippen LogP contribution in [0.1, 0.15) is 11.3 Å². The first-order valence-corrected chi connectivity index (χ1v) is 8.33. The van der Waals surface area contributed by atoms with E-state index >= 15 is 0 Å². The van der Waals surface area contributed by atoms with E-state index in [1.807, 2.05) is 30.9 Å². The molecule has 2 atom stereocenters. The standard InChI is InChI=1S/C17H23N5O2/c1-13-3-4-18-16(20-13)24-12-17-10-22(8-15(17)9-23-11-17)7-14-5-19-21(2)6-14/h3-6,15H,7-12H2,1-2H3/t15-,17+/m1/s1. The molecule has 2 aliphatic heterocycles. The van der Waals surface area contributed by atoms with Crippen LogP contribution in [0.15, 0.2) is 24.7 Å². The van der Waals surface area contributed by atoms with Gasteiger partial charge in [-0.05, 0) is 13.0 Å². The third-order valence-electron chi connectivity index (χ3n) is 5.02. The summed E-state index contributed by atoms with van der Waals surface area (Å²) in [6, 6.07) is 2.33. The molecule has 0 unspecified atom stereocenters. The lowest BCUT2D eigenvalue weighted by Gasteiger charge is -2.26. The molecule has 7 nitrogen and oxygen atoms in total. The van der Waals surface area contributed by atoms with Crippen molar-refractivity contribution in [2.75, 3.05) is 32.9 Å². The smallest absolute Gasteiger partial charge is 0.316 e. The molecule has 2 saturated heterocycles. The van der Waals surface area contributed by atoms with E-state index in [4.69, 9.17) is 9.47 Å². The van der Waals surface area contributed by atoms with Crippen molar-refractivity contribution < 1.29 is 9.47 Å². The zero-order chi connectivity index (χ0) is 16.6. The highest BCUT2D eigenvalue weighted by molar-refractivity contribution is 5.08. The van der Waals surface area contributed by atoms with Gasteiger partial charge in [-0.2, -0.15) is 5.10 Å². The van der Waals surface area contributed by atoms with Crippen LogP contribution in [0.4, 0.5) is 0 Å². The van der Waals surface area contributed by atoms with Gasteiger partial charge in [0.05, 0.1) is 19.4 Å². The average molecular weight is 329 g/mol. The molecule has 2 aromatic heterocycles. The summed E-state index contributed by atoms with van der Waals surface area (Å²) in [6.07, 6.45) is 5.75. The van der Waals surface area contributed by atoms with E-state index < -0.39 is 0 Å². The Morgan fingerprint density at radius 3 is 3.17 bits per heavy atom. The molecule has 0 spiro atoms. The number of hydrogen-bond acceptors (Lipinski definition) is 6. The van der Waals surface area contributed by atoms with E-state index in [2.05, 4.69) is 26.2 Å². The molecule has 2 fully saturated rings. The first-order chi connectivity index (χ1) is 11.6. The number of rotatable bonds is 5. The lowest BCUT2D eigenvalue weighted by molar-refractivity contribution is 0.0859. The normalized spacial score (nSPS) is 26.7. The number of fused-ring (bicyclic) bond motifs is 1. The first-order valence-electron chi connectivity index (χ1n) is 8.33. The number of nitrogens with zero attached hydrogens (tertiary/aromatic N) is 5. The van der Waals surface area contributed by atoms with E-state index in [-0.39, 0.29) is 5.41 Å². The second-order valence-electron chi connectivity index (χ2n) is 7.04. The third-order valence-corrected chi connectivity index (χ3v) is 5.02. The zero-order valence-electron chi connectivity index (χ0n) is 14.2. The van der Waals surface area contributed by atoms with Crippen LogP contribution >= 0.6 is 0 Å². The van der Waals surface area contributed by atoms with E-state index in [0.717, 1.165) is 38.5 Å². The minimum absolute atomic E-state index is 0.0370. The number of likely N-dealkylation sites (tertiary alicyclic amines) is 1. The van der Waals surface area contributed by atoms with Crippen LogP contribution in [0.25, 0.3) is 0 Å². The number of aryl methyl sites for hydroxylation is 2. The molecule has 2 aliphatic rings. The molecule has 0 amide bonds. The van der Waals surface area contributed by atoms with E-state index in [9.17, 15) is 0 Å². The molecule has 7 heteroatoms. The Kier molecular flexibility index (Phi) is 3.97. The van der Waals surface area contributed by atoms with Crippen LogP contribution in [0.2, 0.25) is 0 Å². The summed E-state index contributed by atoms with van der Waals surface area (Å²) < 4.78 is 13.5. The Morgan fingerprint density at radius 2 is 2.38 bits per heavy atom. The number of ether oxygens (including phenoxy) is 2. The van der Waals surface area contributed by atoms with E-state index in [0.29, 0.717) is 18.5 Å². The molecule has 24 heavy (non-hydrogen) atoms.